The predicted octanol–water partition coefficient (Wildman–Crippen LogP) is 5.84. The molecule has 0 unspecified atom stereocenters. The van der Waals surface area contributed by atoms with Crippen LogP contribution < -0.4 is 0 Å². The summed E-state index contributed by atoms with van der Waals surface area (Å²) in [6.07, 6.45) is 8.27. The number of ketones is 1. The first-order valence-electron chi connectivity index (χ1n) is 21.6. The molecule has 58 heavy (non-hydrogen) atoms. The number of hydrogen-bond acceptors (Lipinski definition) is 12. The van der Waals surface area contributed by atoms with Gasteiger partial charge in [0.1, 0.15) is 24.9 Å². The van der Waals surface area contributed by atoms with Crippen molar-refractivity contribution < 1.29 is 53.5 Å². The minimum Gasteiger partial charge on any atom is -0.456 e. The van der Waals surface area contributed by atoms with Crippen molar-refractivity contribution in [3.63, 3.8) is 0 Å². The molecule has 0 aromatic heterocycles. The Bertz CT molecular complexity index is 1490. The second kappa shape index (κ2) is 22.1. The number of nitrogens with zero attached hydrogens (tertiary/aromatic N) is 2. The monoisotopic (exact) mass is 817 g/mol. The first-order chi connectivity index (χ1) is 27.6. The van der Waals surface area contributed by atoms with Gasteiger partial charge in [-0.2, -0.15) is 0 Å². The Balaban J connectivity index is 1.81. The van der Waals surface area contributed by atoms with Crippen LogP contribution in [-0.2, 0) is 38.2 Å². The minimum absolute atomic E-state index is 0.0712. The Hall–Kier alpha value is -2.94. The van der Waals surface area contributed by atoms with Crippen molar-refractivity contribution in [1.82, 2.24) is 4.90 Å². The summed E-state index contributed by atoms with van der Waals surface area (Å²) in [6, 6.07) is -1.09. The number of allylic oxidation sites excluding steroid dienone is 3. The molecule has 13 heteroatoms. The lowest BCUT2D eigenvalue weighted by Gasteiger charge is -2.47. The Morgan fingerprint density at radius 3 is 2.33 bits per heavy atom. The summed E-state index contributed by atoms with van der Waals surface area (Å²) in [6.45, 7) is 15.7. The smallest absolute Gasteiger partial charge is 0.329 e. The molecule has 3 heterocycles. The Labute approximate surface area is 346 Å². The highest BCUT2D eigenvalue weighted by Crippen LogP contribution is 2.39. The summed E-state index contributed by atoms with van der Waals surface area (Å²) in [5.74, 6) is -6.68. The zero-order chi connectivity index (χ0) is 42.7. The van der Waals surface area contributed by atoms with Crippen LogP contribution in [0.5, 0.6) is 0 Å². The number of carbonyl (C=O) groups excluding carboxylic acids is 3. The SMILES string of the molecule is C=CCO/N=C1/C[C@H](O)[C@@H](C)[C@@H](/C(C)=C/C2CCC(O)CC2)OC(=O)[C@@H]2CCCCN2C(=O)C(=O)[C@]2(O)O[C@H]([C@@H](OC)C[C@@H](C)C/C(C)=C/[C@H]1CC)[C@@H](OC)C[C@H]2C. The van der Waals surface area contributed by atoms with Gasteiger partial charge in [0, 0.05) is 44.9 Å². The Kier molecular flexibility index (Phi) is 18.2. The lowest BCUT2D eigenvalue weighted by Crippen LogP contribution is -2.64. The quantitative estimate of drug-likeness (QED) is 0.0884. The van der Waals surface area contributed by atoms with E-state index in [9.17, 15) is 29.7 Å². The highest BCUT2D eigenvalue weighted by Gasteiger charge is 2.56. The molecule has 0 aromatic carbocycles. The number of Topliss-reactive ketones (excluding diaryl/α,β-unsaturated/α-hetero) is 1. The number of esters is 1. The number of cyclic esters (lactones) is 1. The van der Waals surface area contributed by atoms with E-state index in [0.29, 0.717) is 50.7 Å². The van der Waals surface area contributed by atoms with Gasteiger partial charge in [0.25, 0.3) is 11.7 Å². The van der Waals surface area contributed by atoms with Gasteiger partial charge < -0.3 is 44.0 Å². The minimum atomic E-state index is -2.48. The fourth-order valence-corrected chi connectivity index (χ4v) is 9.41. The standard InChI is InChI=1S/C45H72N2O11/c1-10-20-56-46-35-26-37(49)31(7)40(29(5)24-32-15-17-34(48)18-16-32)57-44(52)36-14-12-13-19-47(36)43(51)42(50)45(53)30(6)25-39(55-9)41(58-45)38(54-8)23-28(4)21-27(3)22-33(35)11-2/h10,22,24,28,30-34,36-41,48-49,53H,1,11-21,23,25-26H2,2-9H3/b27-22+,29-24+,46-35-/t28-,30+,31+,32?,33+,34?,36-,37-,38-,39-,40+,41+,45+/m0/s1. The van der Waals surface area contributed by atoms with Gasteiger partial charge >= 0.3 is 5.97 Å². The van der Waals surface area contributed by atoms with Gasteiger partial charge in [-0.15, -0.1) is 0 Å². The molecule has 1 amide bonds. The fourth-order valence-electron chi connectivity index (χ4n) is 9.41. The predicted molar refractivity (Wildman–Crippen MR) is 220 cm³/mol. The average molecular weight is 817 g/mol. The van der Waals surface area contributed by atoms with Crippen LogP contribution >= 0.6 is 0 Å². The number of hydrogen-bond donors (Lipinski definition) is 3. The molecule has 1 saturated carbocycles. The number of piperidine rings is 1. The number of aliphatic hydroxyl groups excluding tert-OH is 2. The van der Waals surface area contributed by atoms with E-state index in [1.165, 1.54) is 4.90 Å². The number of amides is 1. The van der Waals surface area contributed by atoms with E-state index in [1.54, 1.807) is 27.2 Å². The van der Waals surface area contributed by atoms with E-state index in [0.717, 1.165) is 24.0 Å². The van der Waals surface area contributed by atoms with Crippen LogP contribution in [0.4, 0.5) is 0 Å². The molecule has 11 atom stereocenters. The zero-order valence-electron chi connectivity index (χ0n) is 36.3. The van der Waals surface area contributed by atoms with Crippen LogP contribution in [0.3, 0.4) is 0 Å². The molecule has 0 spiro atoms. The highest BCUT2D eigenvalue weighted by atomic mass is 16.7. The van der Waals surface area contributed by atoms with E-state index in [-0.39, 0.29) is 56.3 Å². The van der Waals surface area contributed by atoms with Crippen LogP contribution in [-0.4, -0.2) is 119 Å². The zero-order valence-corrected chi connectivity index (χ0v) is 36.3. The van der Waals surface area contributed by atoms with Crippen molar-refractivity contribution in [2.75, 3.05) is 27.4 Å². The molecule has 0 radical (unpaired) electrons. The third kappa shape index (κ3) is 11.9. The second-order valence-corrected chi connectivity index (χ2v) is 17.5. The first kappa shape index (κ1) is 47.7. The number of ether oxygens (including phenoxy) is 4. The fraction of sp³-hybridized carbons (Fsp3) is 0.778. The summed E-state index contributed by atoms with van der Waals surface area (Å²) in [4.78, 5) is 49.8. The van der Waals surface area contributed by atoms with Crippen LogP contribution in [0.2, 0.25) is 0 Å². The van der Waals surface area contributed by atoms with Crippen molar-refractivity contribution in [2.24, 2.45) is 34.7 Å². The molecule has 4 aliphatic rings. The summed E-state index contributed by atoms with van der Waals surface area (Å²) in [5, 5.41) is 38.8. The maximum atomic E-state index is 14.4. The van der Waals surface area contributed by atoms with Gasteiger partial charge in [-0.25, -0.2) is 4.79 Å². The van der Waals surface area contributed by atoms with Gasteiger partial charge in [0.2, 0.25) is 5.79 Å². The van der Waals surface area contributed by atoms with Crippen molar-refractivity contribution in [1.29, 1.82) is 0 Å². The maximum absolute atomic E-state index is 14.4. The molecule has 3 fully saturated rings. The molecule has 2 saturated heterocycles. The van der Waals surface area contributed by atoms with E-state index in [1.807, 2.05) is 13.8 Å². The number of oxime groups is 1. The lowest BCUT2D eigenvalue weighted by molar-refractivity contribution is -0.302. The van der Waals surface area contributed by atoms with Crippen molar-refractivity contribution in [2.45, 2.75) is 167 Å². The van der Waals surface area contributed by atoms with Gasteiger partial charge in [-0.1, -0.05) is 63.2 Å². The molecular weight excluding hydrogens is 744 g/mol. The summed E-state index contributed by atoms with van der Waals surface area (Å²) >= 11 is 0. The van der Waals surface area contributed by atoms with Crippen LogP contribution in [0.15, 0.2) is 41.1 Å². The maximum Gasteiger partial charge on any atom is 0.329 e. The third-order valence-electron chi connectivity index (χ3n) is 12.9. The van der Waals surface area contributed by atoms with Gasteiger partial charge in [0.05, 0.1) is 30.1 Å². The molecular formula is C45H72N2O11. The lowest BCUT2D eigenvalue weighted by atomic mass is 9.82. The summed E-state index contributed by atoms with van der Waals surface area (Å²) < 4.78 is 24.5. The number of aliphatic hydroxyl groups is 3. The normalized spacial score (nSPS) is 39.8. The van der Waals surface area contributed by atoms with Crippen molar-refractivity contribution >= 4 is 23.4 Å². The number of methoxy groups -OCH3 is 2. The Morgan fingerprint density at radius 2 is 1.69 bits per heavy atom. The van der Waals surface area contributed by atoms with E-state index in [4.69, 9.17) is 23.8 Å². The van der Waals surface area contributed by atoms with E-state index >= 15 is 0 Å². The molecule has 3 N–H and O–H groups in total. The van der Waals surface area contributed by atoms with Gasteiger partial charge in [-0.05, 0) is 102 Å². The van der Waals surface area contributed by atoms with Gasteiger partial charge in [-0.3, -0.25) is 9.59 Å². The average Bonchev–Trinajstić information content (AvgIpc) is 3.21. The highest BCUT2D eigenvalue weighted by molar-refractivity contribution is 6.39. The van der Waals surface area contributed by atoms with E-state index in [2.05, 4.69) is 44.7 Å². The summed E-state index contributed by atoms with van der Waals surface area (Å²) in [5.41, 5.74) is 2.50. The molecule has 3 aliphatic heterocycles. The molecule has 1 aliphatic carbocycles. The van der Waals surface area contributed by atoms with Crippen LogP contribution in [0.1, 0.15) is 119 Å². The third-order valence-corrected chi connectivity index (χ3v) is 12.9. The first-order valence-corrected chi connectivity index (χ1v) is 21.6. The Morgan fingerprint density at radius 1 is 1.02 bits per heavy atom. The molecule has 2 bridgehead atoms. The number of rotatable bonds is 8. The van der Waals surface area contributed by atoms with Crippen molar-refractivity contribution in [3.05, 3.63) is 36.0 Å². The van der Waals surface area contributed by atoms with Crippen LogP contribution in [0.25, 0.3) is 0 Å². The number of fused-ring (bicyclic) bond motifs is 3. The molecule has 4 rings (SSSR count). The molecule has 13 nitrogen and oxygen atoms in total. The second-order valence-electron chi connectivity index (χ2n) is 17.5. The summed E-state index contributed by atoms with van der Waals surface area (Å²) in [7, 11) is 3.11. The topological polar surface area (TPSA) is 174 Å². The largest absolute Gasteiger partial charge is 0.456 e. The van der Waals surface area contributed by atoms with Crippen LogP contribution in [0, 0.1) is 29.6 Å². The molecule has 328 valence electrons. The van der Waals surface area contributed by atoms with E-state index < -0.39 is 71.8 Å². The number of carbonyl (C=O) groups is 3. The van der Waals surface area contributed by atoms with Crippen molar-refractivity contribution in [3.8, 4) is 0 Å². The van der Waals surface area contributed by atoms with Gasteiger partial charge in [0.15, 0.2) is 0 Å². The molecule has 0 aromatic rings.